The van der Waals surface area contributed by atoms with E-state index in [-0.39, 0.29) is 5.91 Å². The van der Waals surface area contributed by atoms with E-state index in [4.69, 9.17) is 0 Å². The van der Waals surface area contributed by atoms with Gasteiger partial charge in [0.2, 0.25) is 0 Å². The molecule has 4 nitrogen and oxygen atoms in total. The second-order valence-electron chi connectivity index (χ2n) is 4.88. The molecule has 0 radical (unpaired) electrons. The zero-order chi connectivity index (χ0) is 13.9. The van der Waals surface area contributed by atoms with Gasteiger partial charge in [-0.25, -0.2) is 5.01 Å². The molecule has 100 valence electrons. The van der Waals surface area contributed by atoms with E-state index in [0.717, 1.165) is 22.7 Å². The van der Waals surface area contributed by atoms with Gasteiger partial charge >= 0.3 is 0 Å². The Labute approximate surface area is 117 Å². The number of nitrogens with zero attached hydrogens (tertiary/aromatic N) is 3. The highest BCUT2D eigenvalue weighted by atomic mass is 16.2. The van der Waals surface area contributed by atoms with Crippen LogP contribution in [0.15, 0.2) is 53.8 Å². The summed E-state index contributed by atoms with van der Waals surface area (Å²) < 4.78 is 0. The molecule has 0 saturated carbocycles. The fraction of sp³-hybridized carbons (Fsp3) is 0.188. The monoisotopic (exact) mass is 265 g/mol. The lowest BCUT2D eigenvalue weighted by molar-refractivity contribution is -0.116. The summed E-state index contributed by atoms with van der Waals surface area (Å²) in [6, 6.07) is 13.6. The molecule has 3 rings (SSSR count). The van der Waals surface area contributed by atoms with E-state index in [1.807, 2.05) is 49.4 Å². The Morgan fingerprint density at radius 3 is 2.65 bits per heavy atom. The molecule has 1 aliphatic heterocycles. The lowest BCUT2D eigenvalue weighted by Crippen LogP contribution is -2.19. The van der Waals surface area contributed by atoms with E-state index in [9.17, 15) is 4.79 Å². The first-order valence-corrected chi connectivity index (χ1v) is 6.58. The number of carbonyl (C=O) groups excluding carboxylic acids is 1. The summed E-state index contributed by atoms with van der Waals surface area (Å²) in [6.07, 6.45) is 2.74. The largest absolute Gasteiger partial charge is 0.272 e. The van der Waals surface area contributed by atoms with E-state index in [2.05, 4.69) is 10.1 Å². The first-order valence-electron chi connectivity index (χ1n) is 6.58. The molecule has 20 heavy (non-hydrogen) atoms. The number of amides is 1. The molecule has 1 aromatic carbocycles. The molecule has 0 fully saturated rings. The minimum Gasteiger partial charge on any atom is -0.272 e. The lowest BCUT2D eigenvalue weighted by Gasteiger charge is -2.11. The van der Waals surface area contributed by atoms with Crippen molar-refractivity contribution in [3.63, 3.8) is 0 Å². The molecule has 0 aliphatic carbocycles. The maximum atomic E-state index is 12.1. The third-order valence-corrected chi connectivity index (χ3v) is 3.22. The highest BCUT2D eigenvalue weighted by Gasteiger charge is 2.25. The SMILES string of the molecule is Cc1ccc(N2N=C(Cc3ccccn3)CC2=O)cc1. The summed E-state index contributed by atoms with van der Waals surface area (Å²) in [4.78, 5) is 16.3. The third-order valence-electron chi connectivity index (χ3n) is 3.22. The molecule has 0 saturated heterocycles. The average molecular weight is 265 g/mol. The number of anilines is 1. The standard InChI is InChI=1S/C16H15N3O/c1-12-5-7-15(8-6-12)19-16(20)11-14(18-19)10-13-4-2-3-9-17-13/h2-9H,10-11H2,1H3. The van der Waals surface area contributed by atoms with Crippen LogP contribution in [0.4, 0.5) is 5.69 Å². The van der Waals surface area contributed by atoms with E-state index >= 15 is 0 Å². The number of hydrogen-bond acceptors (Lipinski definition) is 3. The summed E-state index contributed by atoms with van der Waals surface area (Å²) in [7, 11) is 0. The van der Waals surface area contributed by atoms with Crippen molar-refractivity contribution in [1.29, 1.82) is 0 Å². The number of pyridine rings is 1. The van der Waals surface area contributed by atoms with Gasteiger partial charge in [0.25, 0.3) is 5.91 Å². The van der Waals surface area contributed by atoms with E-state index in [0.29, 0.717) is 12.8 Å². The Morgan fingerprint density at radius 1 is 1.15 bits per heavy atom. The van der Waals surface area contributed by atoms with Crippen molar-refractivity contribution in [3.05, 3.63) is 59.9 Å². The second-order valence-corrected chi connectivity index (χ2v) is 4.88. The van der Waals surface area contributed by atoms with Crippen LogP contribution in [-0.4, -0.2) is 16.6 Å². The smallest absolute Gasteiger partial charge is 0.253 e. The van der Waals surface area contributed by atoms with Gasteiger partial charge in [-0.1, -0.05) is 23.8 Å². The fourth-order valence-corrected chi connectivity index (χ4v) is 2.18. The molecule has 0 spiro atoms. The number of hydrazone groups is 1. The molecule has 1 aliphatic rings. The number of aryl methyl sites for hydroxylation is 1. The minimum atomic E-state index is 0.0137. The zero-order valence-electron chi connectivity index (χ0n) is 11.3. The van der Waals surface area contributed by atoms with Crippen LogP contribution in [0.1, 0.15) is 17.7 Å². The van der Waals surface area contributed by atoms with Crippen LogP contribution < -0.4 is 5.01 Å². The van der Waals surface area contributed by atoms with Gasteiger partial charge in [-0.05, 0) is 31.2 Å². The Kier molecular flexibility index (Phi) is 3.29. The molecule has 2 aromatic rings. The summed E-state index contributed by atoms with van der Waals surface area (Å²) in [5.74, 6) is 0.0137. The van der Waals surface area contributed by atoms with E-state index < -0.39 is 0 Å². The quantitative estimate of drug-likeness (QED) is 0.856. The summed E-state index contributed by atoms with van der Waals surface area (Å²) in [5, 5.41) is 5.91. The summed E-state index contributed by atoms with van der Waals surface area (Å²) in [6.45, 7) is 2.02. The van der Waals surface area contributed by atoms with Gasteiger partial charge in [0, 0.05) is 18.3 Å². The third kappa shape index (κ3) is 2.59. The molecule has 0 unspecified atom stereocenters. The van der Waals surface area contributed by atoms with Crippen LogP contribution in [0.5, 0.6) is 0 Å². The maximum absolute atomic E-state index is 12.1. The van der Waals surface area contributed by atoms with Gasteiger partial charge < -0.3 is 0 Å². The molecule has 2 heterocycles. The van der Waals surface area contributed by atoms with Gasteiger partial charge in [0.05, 0.1) is 17.8 Å². The molecule has 0 N–H and O–H groups in total. The van der Waals surface area contributed by atoms with Crippen LogP contribution >= 0.6 is 0 Å². The summed E-state index contributed by atoms with van der Waals surface area (Å²) >= 11 is 0. The minimum absolute atomic E-state index is 0.0137. The Bertz CT molecular complexity index is 647. The van der Waals surface area contributed by atoms with Crippen LogP contribution in [-0.2, 0) is 11.2 Å². The molecule has 4 heteroatoms. The number of rotatable bonds is 3. The van der Waals surface area contributed by atoms with Gasteiger partial charge in [0.1, 0.15) is 0 Å². The topological polar surface area (TPSA) is 45.6 Å². The number of carbonyl (C=O) groups is 1. The first kappa shape index (κ1) is 12.5. The van der Waals surface area contributed by atoms with Crippen LogP contribution in [0.25, 0.3) is 0 Å². The predicted octanol–water partition coefficient (Wildman–Crippen LogP) is 2.73. The van der Waals surface area contributed by atoms with Crippen molar-refractivity contribution in [2.45, 2.75) is 19.8 Å². The molecule has 1 aromatic heterocycles. The van der Waals surface area contributed by atoms with Crippen molar-refractivity contribution >= 4 is 17.3 Å². The van der Waals surface area contributed by atoms with Gasteiger partial charge in [-0.3, -0.25) is 9.78 Å². The number of hydrogen-bond donors (Lipinski definition) is 0. The Morgan fingerprint density at radius 2 is 1.95 bits per heavy atom. The first-order chi connectivity index (χ1) is 9.72. The highest BCUT2D eigenvalue weighted by Crippen LogP contribution is 2.21. The van der Waals surface area contributed by atoms with Gasteiger partial charge in [0.15, 0.2) is 0 Å². The highest BCUT2D eigenvalue weighted by molar-refractivity contribution is 6.13. The Hall–Kier alpha value is -2.49. The normalized spacial score (nSPS) is 14.6. The van der Waals surface area contributed by atoms with Crippen LogP contribution in [0.3, 0.4) is 0 Å². The Balaban J connectivity index is 1.80. The molecular weight excluding hydrogens is 250 g/mol. The average Bonchev–Trinajstić information content (AvgIpc) is 2.81. The van der Waals surface area contributed by atoms with Crippen molar-refractivity contribution in [2.75, 3.05) is 5.01 Å². The van der Waals surface area contributed by atoms with Crippen molar-refractivity contribution in [3.8, 4) is 0 Å². The fourth-order valence-electron chi connectivity index (χ4n) is 2.18. The second kappa shape index (κ2) is 5.25. The van der Waals surface area contributed by atoms with Gasteiger partial charge in [-0.2, -0.15) is 5.10 Å². The van der Waals surface area contributed by atoms with Crippen LogP contribution in [0.2, 0.25) is 0 Å². The zero-order valence-corrected chi connectivity index (χ0v) is 11.3. The number of benzene rings is 1. The van der Waals surface area contributed by atoms with Gasteiger partial charge in [-0.15, -0.1) is 0 Å². The molecule has 0 bridgehead atoms. The molecular formula is C16H15N3O. The molecule has 0 atom stereocenters. The molecule has 1 amide bonds. The maximum Gasteiger partial charge on any atom is 0.253 e. The van der Waals surface area contributed by atoms with E-state index in [1.165, 1.54) is 5.01 Å². The predicted molar refractivity (Wildman–Crippen MR) is 78.7 cm³/mol. The van der Waals surface area contributed by atoms with Crippen LogP contribution in [0, 0.1) is 6.92 Å². The van der Waals surface area contributed by atoms with Crippen molar-refractivity contribution in [2.24, 2.45) is 5.10 Å². The lowest BCUT2D eigenvalue weighted by atomic mass is 10.1. The summed E-state index contributed by atoms with van der Waals surface area (Å²) in [5.41, 5.74) is 3.77. The van der Waals surface area contributed by atoms with Crippen molar-refractivity contribution < 1.29 is 4.79 Å². The number of aromatic nitrogens is 1. The van der Waals surface area contributed by atoms with E-state index in [1.54, 1.807) is 6.20 Å². The van der Waals surface area contributed by atoms with Crippen molar-refractivity contribution in [1.82, 2.24) is 4.98 Å².